The van der Waals surface area contributed by atoms with E-state index in [2.05, 4.69) is 5.32 Å². The van der Waals surface area contributed by atoms with Gasteiger partial charge < -0.3 is 14.8 Å². The van der Waals surface area contributed by atoms with Gasteiger partial charge in [0.05, 0.1) is 19.1 Å². The molecule has 0 radical (unpaired) electrons. The lowest BCUT2D eigenvalue weighted by Gasteiger charge is -2.26. The molecule has 1 amide bonds. The lowest BCUT2D eigenvalue weighted by Crippen LogP contribution is -2.21. The molecule has 25 heavy (non-hydrogen) atoms. The summed E-state index contributed by atoms with van der Waals surface area (Å²) in [4.78, 5) is 24.3. The first-order valence-corrected chi connectivity index (χ1v) is 8.38. The number of ketones is 1. The molecule has 1 atom stereocenters. The van der Waals surface area contributed by atoms with Crippen molar-refractivity contribution in [3.8, 4) is 11.5 Å². The fraction of sp³-hybridized carbons (Fsp3) is 0.300. The first-order chi connectivity index (χ1) is 12.1. The second-order valence-corrected chi connectivity index (χ2v) is 6.02. The summed E-state index contributed by atoms with van der Waals surface area (Å²) in [6.45, 7) is 1.95. The third kappa shape index (κ3) is 3.82. The van der Waals surface area contributed by atoms with Crippen molar-refractivity contribution in [2.75, 3.05) is 12.4 Å². The number of Topliss-reactive ketones (excluding diaryl/α,β-unsaturated/α-hetero) is 1. The molecule has 2 aromatic carbocycles. The van der Waals surface area contributed by atoms with E-state index in [-0.39, 0.29) is 24.2 Å². The highest BCUT2D eigenvalue weighted by atomic mass is 16.5. The summed E-state index contributed by atoms with van der Waals surface area (Å²) in [6, 6.07) is 12.7. The van der Waals surface area contributed by atoms with Crippen LogP contribution in [0.1, 0.15) is 48.2 Å². The molecule has 3 rings (SSSR count). The summed E-state index contributed by atoms with van der Waals surface area (Å²) in [5.41, 5.74) is 2.07. The Morgan fingerprint density at radius 1 is 1.24 bits per heavy atom. The van der Waals surface area contributed by atoms with Gasteiger partial charge in [0.1, 0.15) is 17.6 Å². The Bertz CT molecular complexity index is 783. The summed E-state index contributed by atoms with van der Waals surface area (Å²) < 4.78 is 11.1. The fourth-order valence-corrected chi connectivity index (χ4v) is 2.86. The average molecular weight is 339 g/mol. The van der Waals surface area contributed by atoms with Crippen LogP contribution in [0.5, 0.6) is 11.5 Å². The third-order valence-electron chi connectivity index (χ3n) is 4.17. The fourth-order valence-electron chi connectivity index (χ4n) is 2.86. The van der Waals surface area contributed by atoms with E-state index < -0.39 is 0 Å². The van der Waals surface area contributed by atoms with Crippen molar-refractivity contribution in [1.29, 1.82) is 0 Å². The average Bonchev–Trinajstić information content (AvgIpc) is 2.62. The summed E-state index contributed by atoms with van der Waals surface area (Å²) >= 11 is 0. The number of fused-ring (bicyclic) bond motifs is 1. The van der Waals surface area contributed by atoms with E-state index in [0.29, 0.717) is 23.4 Å². The molecule has 0 bridgehead atoms. The molecule has 5 nitrogen and oxygen atoms in total. The number of carbonyl (C=O) groups is 2. The van der Waals surface area contributed by atoms with Gasteiger partial charge in [0.15, 0.2) is 5.78 Å². The standard InChI is InChI=1S/C20H21NO4/c1-3-4-20(23)21-14-7-10-18-16(11-14)17(22)12-19(25-18)13-5-8-15(24-2)9-6-13/h5-11,19H,3-4,12H2,1-2H3,(H,21,23)/t19-/m1/s1. The minimum atomic E-state index is -0.313. The predicted octanol–water partition coefficient (Wildman–Crippen LogP) is 4.14. The van der Waals surface area contributed by atoms with Gasteiger partial charge in [-0.05, 0) is 42.3 Å². The highest BCUT2D eigenvalue weighted by Crippen LogP contribution is 2.36. The van der Waals surface area contributed by atoms with E-state index >= 15 is 0 Å². The maximum absolute atomic E-state index is 12.5. The molecule has 1 heterocycles. The highest BCUT2D eigenvalue weighted by Gasteiger charge is 2.28. The summed E-state index contributed by atoms with van der Waals surface area (Å²) in [7, 11) is 1.61. The van der Waals surface area contributed by atoms with Crippen LogP contribution in [0.2, 0.25) is 0 Å². The largest absolute Gasteiger partial charge is 0.497 e. The molecule has 130 valence electrons. The molecular formula is C20H21NO4. The van der Waals surface area contributed by atoms with Gasteiger partial charge in [-0.25, -0.2) is 0 Å². The molecule has 0 saturated carbocycles. The number of rotatable bonds is 5. The van der Waals surface area contributed by atoms with Crippen LogP contribution < -0.4 is 14.8 Å². The van der Waals surface area contributed by atoms with E-state index in [0.717, 1.165) is 17.7 Å². The van der Waals surface area contributed by atoms with E-state index in [1.54, 1.807) is 25.3 Å². The van der Waals surface area contributed by atoms with Crippen molar-refractivity contribution in [1.82, 2.24) is 0 Å². The van der Waals surface area contributed by atoms with Crippen molar-refractivity contribution in [3.63, 3.8) is 0 Å². The molecule has 0 saturated heterocycles. The van der Waals surface area contributed by atoms with E-state index in [4.69, 9.17) is 9.47 Å². The first kappa shape index (κ1) is 17.0. The molecule has 0 fully saturated rings. The molecule has 1 aliphatic rings. The van der Waals surface area contributed by atoms with Gasteiger partial charge in [-0.2, -0.15) is 0 Å². The smallest absolute Gasteiger partial charge is 0.224 e. The minimum absolute atomic E-state index is 0.00802. The zero-order valence-corrected chi connectivity index (χ0v) is 14.4. The van der Waals surface area contributed by atoms with Gasteiger partial charge in [-0.15, -0.1) is 0 Å². The minimum Gasteiger partial charge on any atom is -0.497 e. The molecule has 0 aliphatic carbocycles. The van der Waals surface area contributed by atoms with Crippen LogP contribution in [-0.4, -0.2) is 18.8 Å². The number of carbonyl (C=O) groups excluding carboxylic acids is 2. The Labute approximate surface area is 147 Å². The molecular weight excluding hydrogens is 318 g/mol. The Morgan fingerprint density at radius 3 is 2.68 bits per heavy atom. The van der Waals surface area contributed by atoms with E-state index in [9.17, 15) is 9.59 Å². The predicted molar refractivity (Wildman–Crippen MR) is 95.3 cm³/mol. The van der Waals surface area contributed by atoms with E-state index in [1.807, 2.05) is 31.2 Å². The van der Waals surface area contributed by atoms with Crippen LogP contribution in [-0.2, 0) is 4.79 Å². The van der Waals surface area contributed by atoms with Crippen molar-refractivity contribution < 1.29 is 19.1 Å². The second kappa shape index (κ2) is 7.38. The Morgan fingerprint density at radius 2 is 2.00 bits per heavy atom. The molecule has 1 aliphatic heterocycles. The zero-order chi connectivity index (χ0) is 17.8. The topological polar surface area (TPSA) is 64.6 Å². The maximum atomic E-state index is 12.5. The molecule has 0 aromatic heterocycles. The lowest BCUT2D eigenvalue weighted by molar-refractivity contribution is -0.116. The van der Waals surface area contributed by atoms with Gasteiger partial charge in [0, 0.05) is 12.1 Å². The van der Waals surface area contributed by atoms with E-state index in [1.165, 1.54) is 0 Å². The molecule has 0 unspecified atom stereocenters. The SMILES string of the molecule is CCCC(=O)Nc1ccc2c(c1)C(=O)C[C@H](c1ccc(OC)cc1)O2. The number of amides is 1. The van der Waals surface area contributed by atoms with Crippen molar-refractivity contribution in [3.05, 3.63) is 53.6 Å². The number of hydrogen-bond donors (Lipinski definition) is 1. The molecule has 1 N–H and O–H groups in total. The van der Waals surface area contributed by atoms with Crippen molar-refractivity contribution in [2.24, 2.45) is 0 Å². The van der Waals surface area contributed by atoms with Crippen LogP contribution >= 0.6 is 0 Å². The van der Waals surface area contributed by atoms with Gasteiger partial charge in [0.2, 0.25) is 5.91 Å². The van der Waals surface area contributed by atoms with Gasteiger partial charge in [-0.3, -0.25) is 9.59 Å². The quantitative estimate of drug-likeness (QED) is 0.889. The second-order valence-electron chi connectivity index (χ2n) is 6.02. The lowest BCUT2D eigenvalue weighted by atomic mass is 9.96. The first-order valence-electron chi connectivity index (χ1n) is 8.38. The van der Waals surface area contributed by atoms with Gasteiger partial charge in [0.25, 0.3) is 0 Å². The summed E-state index contributed by atoms with van der Waals surface area (Å²) in [5.74, 6) is 1.26. The maximum Gasteiger partial charge on any atom is 0.224 e. The monoisotopic (exact) mass is 339 g/mol. The van der Waals surface area contributed by atoms with Crippen molar-refractivity contribution in [2.45, 2.75) is 32.3 Å². The summed E-state index contributed by atoms with van der Waals surface area (Å²) in [5, 5.41) is 2.81. The van der Waals surface area contributed by atoms with Gasteiger partial charge >= 0.3 is 0 Å². The van der Waals surface area contributed by atoms with Gasteiger partial charge in [-0.1, -0.05) is 19.1 Å². The van der Waals surface area contributed by atoms with Crippen LogP contribution in [0, 0.1) is 0 Å². The number of benzene rings is 2. The number of methoxy groups -OCH3 is 1. The molecule has 0 spiro atoms. The van der Waals surface area contributed by atoms with Crippen LogP contribution in [0.15, 0.2) is 42.5 Å². The zero-order valence-electron chi connectivity index (χ0n) is 14.4. The Hall–Kier alpha value is -2.82. The number of hydrogen-bond acceptors (Lipinski definition) is 4. The number of ether oxygens (including phenoxy) is 2. The normalized spacial score (nSPS) is 15.9. The van der Waals surface area contributed by atoms with Crippen LogP contribution in [0.3, 0.4) is 0 Å². The Balaban J connectivity index is 1.78. The number of anilines is 1. The molecule has 5 heteroatoms. The summed E-state index contributed by atoms with van der Waals surface area (Å²) in [6.07, 6.45) is 1.20. The van der Waals surface area contributed by atoms with Crippen LogP contribution in [0.4, 0.5) is 5.69 Å². The van der Waals surface area contributed by atoms with Crippen molar-refractivity contribution >= 4 is 17.4 Å². The highest BCUT2D eigenvalue weighted by molar-refractivity contribution is 6.02. The Kier molecular flexibility index (Phi) is 5.03. The molecule has 2 aromatic rings. The third-order valence-corrected chi connectivity index (χ3v) is 4.17. The number of nitrogens with one attached hydrogen (secondary N) is 1. The van der Waals surface area contributed by atoms with Crippen LogP contribution in [0.25, 0.3) is 0 Å².